The molecule has 2 aromatic rings. The number of nitrogens with zero attached hydrogens (tertiary/aromatic N) is 3. The van der Waals surface area contributed by atoms with Gasteiger partial charge in [-0.15, -0.1) is 0 Å². The summed E-state index contributed by atoms with van der Waals surface area (Å²) in [6, 6.07) is 0. The second-order valence-corrected chi connectivity index (χ2v) is 4.24. The number of nitrogens with one attached hydrogen (secondary N) is 1. The van der Waals surface area contributed by atoms with Crippen molar-refractivity contribution in [3.8, 4) is 0 Å². The van der Waals surface area contributed by atoms with Crippen LogP contribution in [0.25, 0.3) is 5.65 Å². The second-order valence-electron chi connectivity index (χ2n) is 3.38. The SMILES string of the molecule is Brc1cnn2c3c(cnc12)CNCC3. The highest BCUT2D eigenvalue weighted by atomic mass is 79.9. The van der Waals surface area contributed by atoms with E-state index in [2.05, 4.69) is 31.3 Å². The molecular weight excluding hydrogens is 244 g/mol. The molecule has 0 amide bonds. The number of fused-ring (bicyclic) bond motifs is 3. The van der Waals surface area contributed by atoms with Crippen LogP contribution in [-0.2, 0) is 13.0 Å². The fourth-order valence-corrected chi connectivity index (χ4v) is 2.19. The Kier molecular flexibility index (Phi) is 1.81. The Balaban J connectivity index is 2.35. The summed E-state index contributed by atoms with van der Waals surface area (Å²) in [7, 11) is 0. The van der Waals surface area contributed by atoms with Crippen molar-refractivity contribution in [2.75, 3.05) is 6.54 Å². The number of hydrogen-bond acceptors (Lipinski definition) is 3. The Labute approximate surface area is 89.5 Å². The van der Waals surface area contributed by atoms with Gasteiger partial charge in [0.2, 0.25) is 0 Å². The van der Waals surface area contributed by atoms with Gasteiger partial charge in [0.05, 0.1) is 16.4 Å². The van der Waals surface area contributed by atoms with E-state index in [1.165, 1.54) is 11.3 Å². The summed E-state index contributed by atoms with van der Waals surface area (Å²) in [4.78, 5) is 4.37. The third-order valence-corrected chi connectivity index (χ3v) is 3.08. The van der Waals surface area contributed by atoms with Crippen LogP contribution >= 0.6 is 15.9 Å². The lowest BCUT2D eigenvalue weighted by atomic mass is 10.1. The predicted molar refractivity (Wildman–Crippen MR) is 56.1 cm³/mol. The molecule has 0 saturated carbocycles. The highest BCUT2D eigenvalue weighted by Crippen LogP contribution is 2.19. The van der Waals surface area contributed by atoms with Crippen LogP contribution < -0.4 is 5.32 Å². The van der Waals surface area contributed by atoms with Crippen molar-refractivity contribution in [1.29, 1.82) is 0 Å². The van der Waals surface area contributed by atoms with Crippen molar-refractivity contribution in [3.05, 3.63) is 28.1 Å². The Morgan fingerprint density at radius 1 is 1.43 bits per heavy atom. The van der Waals surface area contributed by atoms with Gasteiger partial charge in [0.25, 0.3) is 0 Å². The van der Waals surface area contributed by atoms with Gasteiger partial charge in [0, 0.05) is 31.3 Å². The minimum Gasteiger partial charge on any atom is -0.312 e. The first-order valence-corrected chi connectivity index (χ1v) is 5.36. The fraction of sp³-hybridized carbons (Fsp3) is 0.333. The van der Waals surface area contributed by atoms with Crippen LogP contribution in [0.15, 0.2) is 16.9 Å². The van der Waals surface area contributed by atoms with Gasteiger partial charge in [0.1, 0.15) is 0 Å². The number of rotatable bonds is 0. The maximum Gasteiger partial charge on any atom is 0.169 e. The van der Waals surface area contributed by atoms with E-state index in [1.54, 1.807) is 6.20 Å². The van der Waals surface area contributed by atoms with Crippen molar-refractivity contribution < 1.29 is 0 Å². The van der Waals surface area contributed by atoms with Gasteiger partial charge in [-0.25, -0.2) is 9.50 Å². The lowest BCUT2D eigenvalue weighted by Crippen LogP contribution is -2.26. The molecule has 0 radical (unpaired) electrons. The average molecular weight is 253 g/mol. The molecule has 0 aliphatic carbocycles. The monoisotopic (exact) mass is 252 g/mol. The summed E-state index contributed by atoms with van der Waals surface area (Å²) >= 11 is 3.43. The Bertz CT molecular complexity index is 491. The van der Waals surface area contributed by atoms with E-state index >= 15 is 0 Å². The Morgan fingerprint density at radius 2 is 2.36 bits per heavy atom. The van der Waals surface area contributed by atoms with Gasteiger partial charge < -0.3 is 5.32 Å². The minimum atomic E-state index is 0.899. The van der Waals surface area contributed by atoms with Crippen LogP contribution in [-0.4, -0.2) is 21.1 Å². The average Bonchev–Trinajstić information content (AvgIpc) is 2.61. The summed E-state index contributed by atoms with van der Waals surface area (Å²) in [6.07, 6.45) is 4.75. The molecule has 5 heteroatoms. The third kappa shape index (κ3) is 1.09. The predicted octanol–water partition coefficient (Wildman–Crippen LogP) is 1.14. The van der Waals surface area contributed by atoms with E-state index in [9.17, 15) is 0 Å². The topological polar surface area (TPSA) is 42.2 Å². The summed E-state index contributed by atoms with van der Waals surface area (Å²) in [5.74, 6) is 0. The van der Waals surface area contributed by atoms with Crippen LogP contribution in [0.1, 0.15) is 11.3 Å². The molecular formula is C9H9BrN4. The summed E-state index contributed by atoms with van der Waals surface area (Å²) in [5.41, 5.74) is 3.43. The summed E-state index contributed by atoms with van der Waals surface area (Å²) < 4.78 is 2.89. The lowest BCUT2D eigenvalue weighted by molar-refractivity contribution is 0.610. The van der Waals surface area contributed by atoms with Gasteiger partial charge in [0.15, 0.2) is 5.65 Å². The van der Waals surface area contributed by atoms with E-state index in [4.69, 9.17) is 0 Å². The van der Waals surface area contributed by atoms with E-state index in [-0.39, 0.29) is 0 Å². The first-order chi connectivity index (χ1) is 6.86. The van der Waals surface area contributed by atoms with Crippen molar-refractivity contribution in [2.24, 2.45) is 0 Å². The Morgan fingerprint density at radius 3 is 3.29 bits per heavy atom. The molecule has 1 aliphatic heterocycles. The van der Waals surface area contributed by atoms with Crippen LogP contribution in [0.5, 0.6) is 0 Å². The molecule has 2 aromatic heterocycles. The molecule has 0 aromatic carbocycles. The fourth-order valence-electron chi connectivity index (χ4n) is 1.83. The van der Waals surface area contributed by atoms with Crippen molar-refractivity contribution in [3.63, 3.8) is 0 Å². The number of halogens is 1. The van der Waals surface area contributed by atoms with Gasteiger partial charge in [-0.1, -0.05) is 0 Å². The standard InChI is InChI=1S/C9H9BrN4/c10-7-5-13-14-8-1-2-11-3-6(8)4-12-9(7)14/h4-5,11H,1-3H2. The molecule has 72 valence electrons. The van der Waals surface area contributed by atoms with Gasteiger partial charge in [-0.2, -0.15) is 5.10 Å². The largest absolute Gasteiger partial charge is 0.312 e. The van der Waals surface area contributed by atoms with E-state index in [0.717, 1.165) is 29.6 Å². The lowest BCUT2D eigenvalue weighted by Gasteiger charge is -2.16. The molecule has 0 saturated heterocycles. The first-order valence-electron chi connectivity index (χ1n) is 4.57. The molecule has 0 unspecified atom stereocenters. The van der Waals surface area contributed by atoms with Crippen molar-refractivity contribution in [1.82, 2.24) is 19.9 Å². The third-order valence-electron chi connectivity index (χ3n) is 2.52. The molecule has 0 atom stereocenters. The zero-order valence-electron chi connectivity index (χ0n) is 7.50. The maximum absolute atomic E-state index is 4.37. The molecule has 3 heterocycles. The smallest absolute Gasteiger partial charge is 0.169 e. The first kappa shape index (κ1) is 8.38. The molecule has 1 aliphatic rings. The molecule has 0 bridgehead atoms. The van der Waals surface area contributed by atoms with Gasteiger partial charge >= 0.3 is 0 Å². The number of aromatic nitrogens is 3. The van der Waals surface area contributed by atoms with Gasteiger partial charge in [-0.3, -0.25) is 0 Å². The second kappa shape index (κ2) is 3.03. The summed E-state index contributed by atoms with van der Waals surface area (Å²) in [5, 5.41) is 7.63. The molecule has 0 fully saturated rings. The highest BCUT2D eigenvalue weighted by molar-refractivity contribution is 9.10. The van der Waals surface area contributed by atoms with Crippen LogP contribution in [0.4, 0.5) is 0 Å². The normalized spacial score (nSPS) is 15.8. The quantitative estimate of drug-likeness (QED) is 0.765. The van der Waals surface area contributed by atoms with Crippen LogP contribution in [0, 0.1) is 0 Å². The number of hydrogen-bond donors (Lipinski definition) is 1. The molecule has 1 N–H and O–H groups in total. The zero-order chi connectivity index (χ0) is 9.54. The van der Waals surface area contributed by atoms with Crippen molar-refractivity contribution >= 4 is 21.6 Å². The molecule has 4 nitrogen and oxygen atoms in total. The van der Waals surface area contributed by atoms with Gasteiger partial charge in [-0.05, 0) is 15.9 Å². The molecule has 3 rings (SSSR count). The minimum absolute atomic E-state index is 0.899. The maximum atomic E-state index is 4.37. The van der Waals surface area contributed by atoms with E-state index in [1.807, 2.05) is 10.7 Å². The van der Waals surface area contributed by atoms with E-state index in [0.29, 0.717) is 0 Å². The Hall–Kier alpha value is -0.940. The van der Waals surface area contributed by atoms with E-state index < -0.39 is 0 Å². The molecule has 0 spiro atoms. The highest BCUT2D eigenvalue weighted by Gasteiger charge is 2.14. The van der Waals surface area contributed by atoms with Crippen molar-refractivity contribution in [2.45, 2.75) is 13.0 Å². The zero-order valence-corrected chi connectivity index (χ0v) is 9.08. The van der Waals surface area contributed by atoms with Crippen LogP contribution in [0.2, 0.25) is 0 Å². The molecule has 14 heavy (non-hydrogen) atoms. The summed E-state index contributed by atoms with van der Waals surface area (Å²) in [6.45, 7) is 1.92. The van der Waals surface area contributed by atoms with Crippen LogP contribution in [0.3, 0.4) is 0 Å².